The van der Waals surface area contributed by atoms with Crippen LogP contribution in [0.25, 0.3) is 0 Å². The van der Waals surface area contributed by atoms with E-state index in [0.717, 1.165) is 0 Å². The van der Waals surface area contributed by atoms with E-state index in [9.17, 15) is 4.79 Å². The minimum atomic E-state index is -0.833. The molecule has 5 nitrogen and oxygen atoms in total. The van der Waals surface area contributed by atoms with Crippen molar-refractivity contribution in [3.8, 4) is 17.2 Å². The third-order valence-electron chi connectivity index (χ3n) is 3.87. The standard InChI is InChI=1S/C19H25NO4/c1-5-19(10-9-11-20-19)18(21)14-12-15(22-6-2)17(24-8-4)16(13-14)23-7-3/h9-13H,5-8H2,1-4H3. The van der Waals surface area contributed by atoms with Crippen LogP contribution >= 0.6 is 0 Å². The Morgan fingerprint density at radius 3 is 2.00 bits per heavy atom. The third kappa shape index (κ3) is 3.45. The number of aliphatic imine (C=N–C) groups is 1. The molecular formula is C19H25NO4. The summed E-state index contributed by atoms with van der Waals surface area (Å²) in [7, 11) is 0. The molecule has 1 atom stereocenters. The normalized spacial score (nSPS) is 18.7. The zero-order chi connectivity index (χ0) is 17.6. The summed E-state index contributed by atoms with van der Waals surface area (Å²) >= 11 is 0. The lowest BCUT2D eigenvalue weighted by Crippen LogP contribution is -2.32. The van der Waals surface area contributed by atoms with Crippen LogP contribution in [-0.4, -0.2) is 37.4 Å². The molecule has 24 heavy (non-hydrogen) atoms. The average Bonchev–Trinajstić information content (AvgIpc) is 3.07. The van der Waals surface area contributed by atoms with E-state index in [-0.39, 0.29) is 5.78 Å². The Kier molecular flexibility index (Phi) is 6.01. The Morgan fingerprint density at radius 2 is 1.58 bits per heavy atom. The zero-order valence-corrected chi connectivity index (χ0v) is 14.8. The maximum Gasteiger partial charge on any atom is 0.203 e. The van der Waals surface area contributed by atoms with Crippen LogP contribution in [0.2, 0.25) is 0 Å². The molecule has 130 valence electrons. The van der Waals surface area contributed by atoms with Crippen LogP contribution in [-0.2, 0) is 0 Å². The summed E-state index contributed by atoms with van der Waals surface area (Å²) < 4.78 is 17.0. The molecule has 0 fully saturated rings. The molecule has 0 aromatic heterocycles. The minimum absolute atomic E-state index is 0.0695. The van der Waals surface area contributed by atoms with Crippen molar-refractivity contribution in [1.29, 1.82) is 0 Å². The molecule has 0 bridgehead atoms. The molecule has 0 saturated carbocycles. The van der Waals surface area contributed by atoms with Crippen molar-refractivity contribution < 1.29 is 19.0 Å². The highest BCUT2D eigenvalue weighted by Gasteiger charge is 2.36. The Balaban J connectivity index is 2.52. The average molecular weight is 331 g/mol. The van der Waals surface area contributed by atoms with E-state index in [2.05, 4.69) is 4.99 Å². The number of ether oxygens (including phenoxy) is 3. The number of carbonyl (C=O) groups excluding carboxylic acids is 1. The number of ketones is 1. The molecule has 0 spiro atoms. The van der Waals surface area contributed by atoms with Gasteiger partial charge in [-0.25, -0.2) is 0 Å². The lowest BCUT2D eigenvalue weighted by Gasteiger charge is -2.22. The Bertz CT molecular complexity index is 610. The predicted octanol–water partition coefficient (Wildman–Crippen LogP) is 3.85. The fraction of sp³-hybridized carbons (Fsp3) is 0.474. The van der Waals surface area contributed by atoms with E-state index >= 15 is 0 Å². The summed E-state index contributed by atoms with van der Waals surface area (Å²) in [5.41, 5.74) is -0.323. The van der Waals surface area contributed by atoms with Gasteiger partial charge in [0.2, 0.25) is 5.75 Å². The van der Waals surface area contributed by atoms with E-state index in [1.807, 2.05) is 39.8 Å². The van der Waals surface area contributed by atoms with Crippen molar-refractivity contribution in [3.05, 3.63) is 29.8 Å². The monoisotopic (exact) mass is 331 g/mol. The highest BCUT2D eigenvalue weighted by Crippen LogP contribution is 2.40. The van der Waals surface area contributed by atoms with Gasteiger partial charge < -0.3 is 14.2 Å². The minimum Gasteiger partial charge on any atom is -0.490 e. The number of nitrogens with zero attached hydrogens (tertiary/aromatic N) is 1. The lowest BCUT2D eigenvalue weighted by molar-refractivity contribution is 0.0920. The topological polar surface area (TPSA) is 57.1 Å². The number of Topliss-reactive ketones (excluding diaryl/α,β-unsaturated/α-hetero) is 1. The maximum atomic E-state index is 13.1. The van der Waals surface area contributed by atoms with Crippen molar-refractivity contribution in [3.63, 3.8) is 0 Å². The van der Waals surface area contributed by atoms with Crippen molar-refractivity contribution >= 4 is 12.0 Å². The smallest absolute Gasteiger partial charge is 0.203 e. The fourth-order valence-electron chi connectivity index (χ4n) is 2.70. The Morgan fingerprint density at radius 1 is 1.00 bits per heavy atom. The van der Waals surface area contributed by atoms with E-state index < -0.39 is 5.54 Å². The number of rotatable bonds is 9. The van der Waals surface area contributed by atoms with Gasteiger partial charge in [0.25, 0.3) is 0 Å². The zero-order valence-electron chi connectivity index (χ0n) is 14.8. The molecule has 0 aliphatic carbocycles. The first-order valence-electron chi connectivity index (χ1n) is 8.46. The summed E-state index contributed by atoms with van der Waals surface area (Å²) in [5, 5.41) is 0. The molecule has 1 aliphatic rings. The molecule has 1 heterocycles. The van der Waals surface area contributed by atoms with Crippen molar-refractivity contribution in [2.24, 2.45) is 4.99 Å². The fourth-order valence-corrected chi connectivity index (χ4v) is 2.70. The Labute approximate surface area is 143 Å². The largest absolute Gasteiger partial charge is 0.490 e. The summed E-state index contributed by atoms with van der Waals surface area (Å²) in [6.07, 6.45) is 5.91. The van der Waals surface area contributed by atoms with Crippen LogP contribution in [0.4, 0.5) is 0 Å². The first kappa shape index (κ1) is 18.0. The van der Waals surface area contributed by atoms with Crippen molar-refractivity contribution in [2.75, 3.05) is 19.8 Å². The van der Waals surface area contributed by atoms with Crippen molar-refractivity contribution in [2.45, 2.75) is 39.7 Å². The molecule has 1 aliphatic heterocycles. The van der Waals surface area contributed by atoms with E-state index in [4.69, 9.17) is 14.2 Å². The van der Waals surface area contributed by atoms with Crippen LogP contribution in [0.15, 0.2) is 29.3 Å². The van der Waals surface area contributed by atoms with Crippen LogP contribution in [0.3, 0.4) is 0 Å². The van der Waals surface area contributed by atoms with Gasteiger partial charge in [-0.05, 0) is 51.5 Å². The number of allylic oxidation sites excluding steroid dienone is 1. The SMILES string of the molecule is CCOc1cc(C(=O)C2(CC)C=CC=N2)cc(OCC)c1OCC. The molecule has 0 amide bonds. The summed E-state index contributed by atoms with van der Waals surface area (Å²) in [4.78, 5) is 17.4. The summed E-state index contributed by atoms with van der Waals surface area (Å²) in [6, 6.07) is 3.44. The van der Waals surface area contributed by atoms with Crippen LogP contribution in [0, 0.1) is 0 Å². The van der Waals surface area contributed by atoms with Crippen molar-refractivity contribution in [1.82, 2.24) is 0 Å². The number of carbonyl (C=O) groups is 1. The maximum absolute atomic E-state index is 13.1. The van der Waals surface area contributed by atoms with Gasteiger partial charge >= 0.3 is 0 Å². The molecular weight excluding hydrogens is 306 g/mol. The van der Waals surface area contributed by atoms with Gasteiger partial charge in [-0.1, -0.05) is 6.92 Å². The number of hydrogen-bond acceptors (Lipinski definition) is 5. The summed E-state index contributed by atoms with van der Waals surface area (Å²) in [6.45, 7) is 9.06. The second-order valence-corrected chi connectivity index (χ2v) is 5.34. The van der Waals surface area contributed by atoms with Gasteiger partial charge in [0.1, 0.15) is 5.54 Å². The molecule has 1 aromatic carbocycles. The molecule has 0 radical (unpaired) electrons. The van der Waals surface area contributed by atoms with Gasteiger partial charge in [0.15, 0.2) is 17.3 Å². The molecule has 5 heteroatoms. The van der Waals surface area contributed by atoms with Crippen LogP contribution in [0.5, 0.6) is 17.2 Å². The van der Waals surface area contributed by atoms with Crippen LogP contribution < -0.4 is 14.2 Å². The van der Waals surface area contributed by atoms with E-state index in [1.54, 1.807) is 18.3 Å². The lowest BCUT2D eigenvalue weighted by atomic mass is 9.87. The second kappa shape index (κ2) is 7.99. The number of hydrogen-bond donors (Lipinski definition) is 0. The van der Waals surface area contributed by atoms with Gasteiger partial charge in [-0.15, -0.1) is 0 Å². The summed E-state index contributed by atoms with van der Waals surface area (Å²) in [5.74, 6) is 1.51. The van der Waals surface area contributed by atoms with Gasteiger partial charge in [-0.3, -0.25) is 9.79 Å². The first-order valence-corrected chi connectivity index (χ1v) is 8.46. The molecule has 2 rings (SSSR count). The second-order valence-electron chi connectivity index (χ2n) is 5.34. The van der Waals surface area contributed by atoms with Gasteiger partial charge in [-0.2, -0.15) is 0 Å². The highest BCUT2D eigenvalue weighted by atomic mass is 16.5. The molecule has 0 saturated heterocycles. The van der Waals surface area contributed by atoms with E-state index in [0.29, 0.717) is 49.1 Å². The number of benzene rings is 1. The van der Waals surface area contributed by atoms with Gasteiger partial charge in [0, 0.05) is 11.8 Å². The van der Waals surface area contributed by atoms with E-state index in [1.165, 1.54) is 0 Å². The third-order valence-corrected chi connectivity index (χ3v) is 3.87. The van der Waals surface area contributed by atoms with Crippen LogP contribution in [0.1, 0.15) is 44.5 Å². The molecule has 1 aromatic rings. The first-order chi connectivity index (χ1) is 11.6. The molecule has 0 N–H and O–H groups in total. The predicted molar refractivity (Wildman–Crippen MR) is 94.9 cm³/mol. The quantitative estimate of drug-likeness (QED) is 0.645. The highest BCUT2D eigenvalue weighted by molar-refractivity contribution is 6.08. The van der Waals surface area contributed by atoms with Gasteiger partial charge in [0.05, 0.1) is 19.8 Å². The molecule has 1 unspecified atom stereocenters. The Hall–Kier alpha value is -2.30.